The smallest absolute Gasteiger partial charge is 0.254 e. The molecule has 0 aliphatic rings. The number of thiophene rings is 1. The number of Topliss-reactive ketones (excluding diaryl/α,β-unsaturated/α-hetero) is 1. The van der Waals surface area contributed by atoms with Gasteiger partial charge in [0.1, 0.15) is 11.0 Å². The number of hydrogen-bond acceptors (Lipinski definition) is 8. The van der Waals surface area contributed by atoms with Crippen molar-refractivity contribution >= 4 is 52.0 Å². The second kappa shape index (κ2) is 10.6. The lowest BCUT2D eigenvalue weighted by atomic mass is 9.96. The number of hydrogen-bond donors (Lipinski definition) is 0. The molecular formula is C25H24Cl2N6O3S. The Morgan fingerprint density at radius 1 is 1.08 bits per heavy atom. The highest BCUT2D eigenvalue weighted by Gasteiger charge is 2.28. The average molecular weight is 559 g/mol. The maximum atomic E-state index is 13.3. The third kappa shape index (κ3) is 5.98. The molecule has 0 spiro atoms. The second-order valence-corrected chi connectivity index (χ2v) is 11.6. The van der Waals surface area contributed by atoms with Crippen molar-refractivity contribution in [2.45, 2.75) is 33.9 Å². The van der Waals surface area contributed by atoms with E-state index in [2.05, 4.69) is 15.1 Å². The first-order valence-electron chi connectivity index (χ1n) is 11.3. The first-order chi connectivity index (χ1) is 17.4. The number of halogens is 2. The molecule has 0 unspecified atom stereocenters. The molecule has 4 rings (SSSR count). The van der Waals surface area contributed by atoms with Gasteiger partial charge in [0, 0.05) is 47.4 Å². The lowest BCUT2D eigenvalue weighted by molar-refractivity contribution is 0.0751. The number of ketones is 1. The predicted octanol–water partition coefficient (Wildman–Crippen LogP) is 5.08. The van der Waals surface area contributed by atoms with Crippen molar-refractivity contribution in [1.82, 2.24) is 24.3 Å². The van der Waals surface area contributed by atoms with Gasteiger partial charge in [-0.05, 0) is 24.3 Å². The molecule has 0 fully saturated rings. The quantitative estimate of drug-likeness (QED) is 0.230. The summed E-state index contributed by atoms with van der Waals surface area (Å²) in [6.07, 6.45) is 2.90. The number of aromatic nitrogens is 5. The number of rotatable bonds is 7. The summed E-state index contributed by atoms with van der Waals surface area (Å²) in [6, 6.07) is 9.95. The third-order valence-corrected chi connectivity index (χ3v) is 6.96. The van der Waals surface area contributed by atoms with Gasteiger partial charge in [0.25, 0.3) is 11.5 Å². The Morgan fingerprint density at radius 2 is 1.78 bits per heavy atom. The van der Waals surface area contributed by atoms with E-state index in [1.807, 2.05) is 44.9 Å². The summed E-state index contributed by atoms with van der Waals surface area (Å²) in [4.78, 5) is 49.4. The molecule has 192 valence electrons. The summed E-state index contributed by atoms with van der Waals surface area (Å²) in [7, 11) is 1.85. The van der Waals surface area contributed by atoms with E-state index in [0.29, 0.717) is 28.0 Å². The molecule has 0 saturated carbocycles. The lowest BCUT2D eigenvalue weighted by Gasteiger charge is -2.22. The van der Waals surface area contributed by atoms with Gasteiger partial charge >= 0.3 is 0 Å². The fourth-order valence-corrected chi connectivity index (χ4v) is 4.93. The summed E-state index contributed by atoms with van der Waals surface area (Å²) < 4.78 is 3.16. The molecule has 0 radical (unpaired) electrons. The van der Waals surface area contributed by atoms with E-state index >= 15 is 0 Å². The first-order valence-corrected chi connectivity index (χ1v) is 12.8. The lowest BCUT2D eigenvalue weighted by Crippen LogP contribution is -2.31. The van der Waals surface area contributed by atoms with E-state index < -0.39 is 16.8 Å². The summed E-state index contributed by atoms with van der Waals surface area (Å²) in [5.74, 6) is -0.113. The van der Waals surface area contributed by atoms with Crippen molar-refractivity contribution < 1.29 is 9.59 Å². The van der Waals surface area contributed by atoms with E-state index in [0.717, 1.165) is 9.44 Å². The molecule has 0 N–H and O–H groups in total. The highest BCUT2D eigenvalue weighted by molar-refractivity contribution is 7.16. The minimum Gasteiger partial charge on any atom is -0.354 e. The monoisotopic (exact) mass is 558 g/mol. The summed E-state index contributed by atoms with van der Waals surface area (Å²) in [6.45, 7) is 5.63. The standard InChI is InChI=1S/C25H24Cl2N6O3S/c1-25(2,3)24(36)33-21(31(4)13-16-6-7-20(27)37-16)12-17(30-33)15-10-19(26)32(22(35)11-15)14-18(34)23-28-8-5-9-29-23/h5-12H,13-14H2,1-4H3. The van der Waals surface area contributed by atoms with Crippen LogP contribution in [0.5, 0.6) is 0 Å². The Balaban J connectivity index is 1.70. The van der Waals surface area contributed by atoms with Gasteiger partial charge in [0.15, 0.2) is 5.82 Å². The summed E-state index contributed by atoms with van der Waals surface area (Å²) in [5, 5.41) is 4.59. The van der Waals surface area contributed by atoms with E-state index in [-0.39, 0.29) is 23.4 Å². The number of carbonyl (C=O) groups is 2. The van der Waals surface area contributed by atoms with Crippen LogP contribution in [0.3, 0.4) is 0 Å². The summed E-state index contributed by atoms with van der Waals surface area (Å²) in [5.41, 5.74) is -0.380. The first kappa shape index (κ1) is 26.7. The third-order valence-electron chi connectivity index (χ3n) is 5.43. The molecule has 4 heterocycles. The van der Waals surface area contributed by atoms with Crippen LogP contribution in [0.2, 0.25) is 9.49 Å². The minimum atomic E-state index is -0.702. The van der Waals surface area contributed by atoms with E-state index in [1.165, 1.54) is 34.5 Å². The van der Waals surface area contributed by atoms with Crippen molar-refractivity contribution in [1.29, 1.82) is 0 Å². The Bertz CT molecular complexity index is 1520. The van der Waals surface area contributed by atoms with Crippen LogP contribution >= 0.6 is 34.5 Å². The second-order valence-electron chi connectivity index (χ2n) is 9.40. The molecule has 0 amide bonds. The molecule has 4 aromatic heterocycles. The van der Waals surface area contributed by atoms with Gasteiger partial charge in [-0.15, -0.1) is 11.3 Å². The van der Waals surface area contributed by atoms with Crippen LogP contribution in [0.1, 0.15) is 41.1 Å². The van der Waals surface area contributed by atoms with Crippen LogP contribution in [-0.4, -0.2) is 43.1 Å². The molecule has 0 atom stereocenters. The van der Waals surface area contributed by atoms with E-state index in [4.69, 9.17) is 23.2 Å². The largest absolute Gasteiger partial charge is 0.354 e. The van der Waals surface area contributed by atoms with Crippen molar-refractivity contribution in [3.8, 4) is 11.3 Å². The summed E-state index contributed by atoms with van der Waals surface area (Å²) >= 11 is 14.0. The number of pyridine rings is 1. The van der Waals surface area contributed by atoms with Crippen molar-refractivity contribution in [2.75, 3.05) is 11.9 Å². The van der Waals surface area contributed by atoms with Gasteiger partial charge in [-0.2, -0.15) is 9.78 Å². The molecule has 0 aliphatic carbocycles. The Morgan fingerprint density at radius 3 is 2.38 bits per heavy atom. The molecule has 9 nitrogen and oxygen atoms in total. The Kier molecular flexibility index (Phi) is 7.63. The van der Waals surface area contributed by atoms with Crippen LogP contribution in [0.4, 0.5) is 5.82 Å². The topological polar surface area (TPSA) is 103 Å². The molecule has 0 aromatic carbocycles. The van der Waals surface area contributed by atoms with Crippen LogP contribution in [0.25, 0.3) is 11.3 Å². The SMILES string of the molecule is CN(Cc1ccc(Cl)s1)c1cc(-c2cc(Cl)n(CC(=O)c3ncccn3)c(=O)c2)nn1C(=O)C(C)(C)C. The normalized spacial score (nSPS) is 11.5. The molecule has 37 heavy (non-hydrogen) atoms. The fraction of sp³-hybridized carbons (Fsp3) is 0.280. The van der Waals surface area contributed by atoms with Gasteiger partial charge in [-0.25, -0.2) is 9.97 Å². The molecule has 12 heteroatoms. The van der Waals surface area contributed by atoms with Crippen molar-refractivity contribution in [3.05, 3.63) is 79.3 Å². The molecule has 0 aliphatic heterocycles. The maximum Gasteiger partial charge on any atom is 0.254 e. The maximum absolute atomic E-state index is 13.3. The molecular weight excluding hydrogens is 535 g/mol. The van der Waals surface area contributed by atoms with Crippen LogP contribution in [0.15, 0.2) is 53.6 Å². The average Bonchev–Trinajstić information content (AvgIpc) is 3.47. The van der Waals surface area contributed by atoms with E-state index in [9.17, 15) is 14.4 Å². The van der Waals surface area contributed by atoms with E-state index in [1.54, 1.807) is 18.2 Å². The Hall–Kier alpha value is -3.34. The van der Waals surface area contributed by atoms with Gasteiger partial charge in [-0.1, -0.05) is 44.0 Å². The van der Waals surface area contributed by atoms with Crippen molar-refractivity contribution in [2.24, 2.45) is 5.41 Å². The zero-order valence-corrected chi connectivity index (χ0v) is 22.9. The van der Waals surface area contributed by atoms with Crippen LogP contribution in [0, 0.1) is 5.41 Å². The van der Waals surface area contributed by atoms with Gasteiger partial charge in [0.2, 0.25) is 5.78 Å². The minimum absolute atomic E-state index is 0.00585. The fourth-order valence-electron chi connectivity index (χ4n) is 3.53. The zero-order chi connectivity index (χ0) is 26.9. The predicted molar refractivity (Wildman–Crippen MR) is 145 cm³/mol. The Labute approximate surface area is 227 Å². The number of anilines is 1. The van der Waals surface area contributed by atoms with Crippen LogP contribution in [-0.2, 0) is 13.1 Å². The highest BCUT2D eigenvalue weighted by Crippen LogP contribution is 2.30. The van der Waals surface area contributed by atoms with Gasteiger partial charge in [-0.3, -0.25) is 19.0 Å². The van der Waals surface area contributed by atoms with Crippen molar-refractivity contribution in [3.63, 3.8) is 0 Å². The van der Waals surface area contributed by atoms with Crippen LogP contribution < -0.4 is 10.5 Å². The number of nitrogens with zero attached hydrogens (tertiary/aromatic N) is 6. The van der Waals surface area contributed by atoms with Gasteiger partial charge in [0.05, 0.1) is 23.1 Å². The highest BCUT2D eigenvalue weighted by atomic mass is 35.5. The number of carbonyl (C=O) groups excluding carboxylic acids is 2. The van der Waals surface area contributed by atoms with Gasteiger partial charge < -0.3 is 4.90 Å². The molecule has 0 bridgehead atoms. The molecule has 4 aromatic rings. The zero-order valence-electron chi connectivity index (χ0n) is 20.6. The molecule has 0 saturated heterocycles.